The van der Waals surface area contributed by atoms with Crippen molar-refractivity contribution in [2.45, 2.75) is 136 Å². The minimum atomic E-state index is -0.670. The molecule has 0 saturated carbocycles. The zero-order chi connectivity index (χ0) is 28.6. The number of benzene rings is 1. The fourth-order valence-electron chi connectivity index (χ4n) is 3.09. The topological polar surface area (TPSA) is 112 Å². The monoisotopic (exact) mass is 630 g/mol. The summed E-state index contributed by atoms with van der Waals surface area (Å²) in [4.78, 5) is 30.1. The van der Waals surface area contributed by atoms with Crippen molar-refractivity contribution in [1.29, 1.82) is 0 Å². The Bertz CT molecular complexity index is 565. The van der Waals surface area contributed by atoms with E-state index >= 15 is 0 Å². The maximum atomic E-state index is 10.0. The van der Waals surface area contributed by atoms with E-state index in [4.69, 9.17) is 15.3 Å². The summed E-state index contributed by atoms with van der Waals surface area (Å²) >= 11 is 1.23. The van der Waals surface area contributed by atoms with Crippen LogP contribution in [0.3, 0.4) is 0 Å². The molecule has 0 spiro atoms. The van der Waals surface area contributed by atoms with Gasteiger partial charge in [-0.05, 0) is 19.3 Å². The Kier molecular flexibility index (Phi) is 37.2. The molecule has 0 aliphatic carbocycles. The van der Waals surface area contributed by atoms with Gasteiger partial charge in [0.05, 0.1) is 0 Å². The predicted molar refractivity (Wildman–Crippen MR) is 156 cm³/mol. The van der Waals surface area contributed by atoms with Crippen molar-refractivity contribution in [3.05, 3.63) is 30.3 Å². The third-order valence-corrected chi connectivity index (χ3v) is 6.38. The van der Waals surface area contributed by atoms with Crippen LogP contribution in [-0.4, -0.2) is 55.8 Å². The van der Waals surface area contributed by atoms with Crippen molar-refractivity contribution >= 4 is 44.0 Å². The summed E-state index contributed by atoms with van der Waals surface area (Å²) < 4.78 is 1.45. The standard InChI is InChI=1S/3C8H16O2.C6H5.Sn.H/c3*1-2-3-4-5-6-7-8(9)10;1-2-4-6-5-3-1;;/h3*2-7H2,1H3,(H,9,10);1-5H;;. The maximum absolute atomic E-state index is 10.0. The molecule has 7 heteroatoms. The van der Waals surface area contributed by atoms with Gasteiger partial charge >= 0.3 is 74.3 Å². The van der Waals surface area contributed by atoms with E-state index < -0.39 is 17.9 Å². The summed E-state index contributed by atoms with van der Waals surface area (Å²) in [5.41, 5.74) is 0. The second kappa shape index (κ2) is 34.4. The van der Waals surface area contributed by atoms with Crippen LogP contribution in [0.25, 0.3) is 0 Å². The number of aliphatic carboxylic acids is 3. The summed E-state index contributed by atoms with van der Waals surface area (Å²) in [6.07, 6.45) is 17.7. The van der Waals surface area contributed by atoms with Gasteiger partial charge in [-0.3, -0.25) is 14.4 Å². The minimum absolute atomic E-state index is 0.337. The molecule has 0 heterocycles. The van der Waals surface area contributed by atoms with Crippen molar-refractivity contribution in [2.24, 2.45) is 0 Å². The Hall–Kier alpha value is -1.57. The zero-order valence-corrected chi connectivity index (χ0v) is 27.1. The molecule has 1 rings (SSSR count). The van der Waals surface area contributed by atoms with Gasteiger partial charge in [-0.2, -0.15) is 0 Å². The van der Waals surface area contributed by atoms with Gasteiger partial charge in [0.1, 0.15) is 0 Å². The molecule has 2 radical (unpaired) electrons. The molecule has 0 amide bonds. The molecule has 37 heavy (non-hydrogen) atoms. The van der Waals surface area contributed by atoms with E-state index in [1.165, 1.54) is 83.9 Å². The van der Waals surface area contributed by atoms with Crippen LogP contribution in [0.1, 0.15) is 136 Å². The van der Waals surface area contributed by atoms with Crippen molar-refractivity contribution in [3.8, 4) is 0 Å². The van der Waals surface area contributed by atoms with Crippen LogP contribution >= 0.6 is 0 Å². The predicted octanol–water partition coefficient (Wildman–Crippen LogP) is 7.51. The molecule has 0 aromatic heterocycles. The van der Waals surface area contributed by atoms with E-state index in [0.717, 1.165) is 38.5 Å². The molecular weight excluding hydrogens is 575 g/mol. The summed E-state index contributed by atoms with van der Waals surface area (Å²) in [7, 11) is 0. The van der Waals surface area contributed by atoms with E-state index in [1.807, 2.05) is 6.07 Å². The molecule has 6 nitrogen and oxygen atoms in total. The third-order valence-electron chi connectivity index (χ3n) is 5.28. The van der Waals surface area contributed by atoms with E-state index in [0.29, 0.717) is 19.3 Å². The van der Waals surface area contributed by atoms with E-state index in [-0.39, 0.29) is 0 Å². The summed E-state index contributed by atoms with van der Waals surface area (Å²) in [5, 5.41) is 24.8. The van der Waals surface area contributed by atoms with E-state index in [2.05, 4.69) is 45.0 Å². The summed E-state index contributed by atoms with van der Waals surface area (Å²) in [6.45, 7) is 6.45. The average Bonchev–Trinajstić information content (AvgIpc) is 2.85. The van der Waals surface area contributed by atoms with E-state index in [9.17, 15) is 14.4 Å². The molecule has 3 N–H and O–H groups in total. The Morgan fingerprint density at radius 2 is 0.784 bits per heavy atom. The Morgan fingerprint density at radius 1 is 0.514 bits per heavy atom. The number of rotatable bonds is 18. The van der Waals surface area contributed by atoms with Gasteiger partial charge in [-0.15, -0.1) is 0 Å². The molecule has 0 unspecified atom stereocenters. The number of hydrogen-bond donors (Lipinski definition) is 3. The quantitative estimate of drug-likeness (QED) is 0.115. The molecule has 0 saturated heterocycles. The number of carboxylic acids is 3. The van der Waals surface area contributed by atoms with Crippen LogP contribution in [-0.2, 0) is 14.4 Å². The SMILES string of the molecule is CCCCCCCC(=O)O.CCCCCCCC(=O)O.CCCCCCCC(=O)O.[SnH][c]1ccccc1. The van der Waals surface area contributed by atoms with Crippen LogP contribution in [0.4, 0.5) is 0 Å². The van der Waals surface area contributed by atoms with Crippen LogP contribution < -0.4 is 3.58 Å². The van der Waals surface area contributed by atoms with E-state index in [1.54, 1.807) is 0 Å². The van der Waals surface area contributed by atoms with Crippen molar-refractivity contribution in [1.82, 2.24) is 0 Å². The number of hydrogen-bond acceptors (Lipinski definition) is 3. The van der Waals surface area contributed by atoms with Gasteiger partial charge in [0.15, 0.2) is 0 Å². The molecule has 0 fully saturated rings. The molecule has 1 aromatic carbocycles. The first kappa shape index (κ1) is 39.9. The Morgan fingerprint density at radius 3 is 0.973 bits per heavy atom. The average molecular weight is 629 g/mol. The van der Waals surface area contributed by atoms with Crippen LogP contribution in [0.15, 0.2) is 30.3 Å². The zero-order valence-electron chi connectivity index (χ0n) is 23.8. The molecule has 0 atom stereocenters. The van der Waals surface area contributed by atoms with Gasteiger partial charge in [-0.1, -0.05) is 97.8 Å². The first-order valence-corrected chi connectivity index (χ1v) is 15.8. The second-order valence-electron chi connectivity index (χ2n) is 9.08. The summed E-state index contributed by atoms with van der Waals surface area (Å²) in [6, 6.07) is 10.5. The molecular formula is C30H54O6Sn. The molecule has 0 bridgehead atoms. The fraction of sp³-hybridized carbons (Fsp3) is 0.700. The fourth-order valence-corrected chi connectivity index (χ4v) is 3.73. The Labute approximate surface area is 239 Å². The van der Waals surface area contributed by atoms with Crippen LogP contribution in [0, 0.1) is 0 Å². The van der Waals surface area contributed by atoms with Gasteiger partial charge in [0.25, 0.3) is 0 Å². The number of carbonyl (C=O) groups is 3. The van der Waals surface area contributed by atoms with Gasteiger partial charge in [0.2, 0.25) is 0 Å². The number of carboxylic acid groups (broad SMARTS) is 3. The first-order chi connectivity index (χ1) is 17.7. The van der Waals surface area contributed by atoms with Crippen LogP contribution in [0.5, 0.6) is 0 Å². The Balaban J connectivity index is -0.000000419. The van der Waals surface area contributed by atoms with Crippen LogP contribution in [0.2, 0.25) is 0 Å². The van der Waals surface area contributed by atoms with Gasteiger partial charge < -0.3 is 15.3 Å². The van der Waals surface area contributed by atoms with Crippen molar-refractivity contribution in [3.63, 3.8) is 0 Å². The van der Waals surface area contributed by atoms with Crippen molar-refractivity contribution in [2.75, 3.05) is 0 Å². The normalized spacial score (nSPS) is 9.51. The number of unbranched alkanes of at least 4 members (excludes halogenated alkanes) is 12. The summed E-state index contributed by atoms with van der Waals surface area (Å²) in [5.74, 6) is -2.01. The third kappa shape index (κ3) is 48.1. The molecule has 1 aromatic rings. The second-order valence-corrected chi connectivity index (χ2v) is 11.0. The van der Waals surface area contributed by atoms with Crippen molar-refractivity contribution < 1.29 is 29.7 Å². The van der Waals surface area contributed by atoms with Gasteiger partial charge in [-0.25, -0.2) is 0 Å². The molecule has 0 aliphatic rings. The first-order valence-electron chi connectivity index (χ1n) is 14.2. The molecule has 0 aliphatic heterocycles. The van der Waals surface area contributed by atoms with Gasteiger partial charge in [0, 0.05) is 19.3 Å². The molecule has 214 valence electrons.